The Morgan fingerprint density at radius 3 is 2.74 bits per heavy atom. The average molecular weight is 315 g/mol. The SMILES string of the molecule is O=C(c1ccc2n[nH]nc2c1)N1C[C@H](O)[C@@H](N2CCCCC2)C1. The number of rotatable bonds is 2. The first-order valence-electron chi connectivity index (χ1n) is 8.24. The Bertz CT molecular complexity index is 709. The zero-order valence-electron chi connectivity index (χ0n) is 13.0. The molecule has 2 aromatic rings. The van der Waals surface area contributed by atoms with Crippen LogP contribution in [-0.2, 0) is 0 Å². The van der Waals surface area contributed by atoms with Crippen LogP contribution in [0.25, 0.3) is 11.0 Å². The maximum atomic E-state index is 12.7. The second-order valence-electron chi connectivity index (χ2n) is 6.47. The molecule has 0 spiro atoms. The van der Waals surface area contributed by atoms with Crippen molar-refractivity contribution in [2.45, 2.75) is 31.4 Å². The number of likely N-dealkylation sites (tertiary alicyclic amines) is 2. The predicted molar refractivity (Wildman–Crippen MR) is 85.0 cm³/mol. The molecule has 3 heterocycles. The van der Waals surface area contributed by atoms with Crippen molar-refractivity contribution >= 4 is 16.9 Å². The van der Waals surface area contributed by atoms with E-state index in [9.17, 15) is 9.90 Å². The van der Waals surface area contributed by atoms with Crippen LogP contribution in [0, 0.1) is 0 Å². The molecule has 0 aliphatic carbocycles. The van der Waals surface area contributed by atoms with Gasteiger partial charge in [-0.3, -0.25) is 9.69 Å². The third-order valence-corrected chi connectivity index (χ3v) is 4.97. The molecule has 0 saturated carbocycles. The van der Waals surface area contributed by atoms with Gasteiger partial charge in [0.1, 0.15) is 11.0 Å². The van der Waals surface area contributed by atoms with Gasteiger partial charge < -0.3 is 10.0 Å². The van der Waals surface area contributed by atoms with Crippen LogP contribution < -0.4 is 0 Å². The van der Waals surface area contributed by atoms with Gasteiger partial charge in [-0.25, -0.2) is 0 Å². The van der Waals surface area contributed by atoms with Crippen LogP contribution in [0.5, 0.6) is 0 Å². The van der Waals surface area contributed by atoms with Crippen molar-refractivity contribution in [3.63, 3.8) is 0 Å². The van der Waals surface area contributed by atoms with E-state index in [0.29, 0.717) is 24.2 Å². The van der Waals surface area contributed by atoms with Crippen LogP contribution in [0.3, 0.4) is 0 Å². The van der Waals surface area contributed by atoms with E-state index in [0.717, 1.165) is 18.6 Å². The van der Waals surface area contributed by atoms with Gasteiger partial charge in [-0.05, 0) is 44.1 Å². The topological polar surface area (TPSA) is 85.3 Å². The van der Waals surface area contributed by atoms with Gasteiger partial charge in [0.15, 0.2) is 0 Å². The third-order valence-electron chi connectivity index (χ3n) is 4.97. The van der Waals surface area contributed by atoms with Crippen molar-refractivity contribution in [1.82, 2.24) is 25.2 Å². The number of hydrogen-bond acceptors (Lipinski definition) is 5. The Labute approximate surface area is 134 Å². The highest BCUT2D eigenvalue weighted by Crippen LogP contribution is 2.23. The van der Waals surface area contributed by atoms with Gasteiger partial charge in [0.05, 0.1) is 12.1 Å². The first kappa shape index (κ1) is 14.6. The van der Waals surface area contributed by atoms with Crippen LogP contribution in [0.4, 0.5) is 0 Å². The van der Waals surface area contributed by atoms with Gasteiger partial charge in [-0.1, -0.05) is 6.42 Å². The lowest BCUT2D eigenvalue weighted by atomic mass is 10.1. The van der Waals surface area contributed by atoms with Crippen molar-refractivity contribution in [1.29, 1.82) is 0 Å². The largest absolute Gasteiger partial charge is 0.390 e. The number of nitrogens with one attached hydrogen (secondary N) is 1. The highest BCUT2D eigenvalue weighted by molar-refractivity contribution is 5.97. The molecule has 2 fully saturated rings. The normalized spacial score (nSPS) is 26.0. The maximum absolute atomic E-state index is 12.7. The number of aromatic nitrogens is 3. The summed E-state index contributed by atoms with van der Waals surface area (Å²) in [5, 5.41) is 21.0. The van der Waals surface area contributed by atoms with E-state index in [4.69, 9.17) is 0 Å². The van der Waals surface area contributed by atoms with E-state index in [1.807, 2.05) is 0 Å². The second kappa shape index (κ2) is 5.90. The number of amides is 1. The lowest BCUT2D eigenvalue weighted by Crippen LogP contribution is -2.46. The van der Waals surface area contributed by atoms with E-state index >= 15 is 0 Å². The lowest BCUT2D eigenvalue weighted by Gasteiger charge is -2.33. The molecule has 2 aliphatic heterocycles. The summed E-state index contributed by atoms with van der Waals surface area (Å²) in [7, 11) is 0. The number of carbonyl (C=O) groups excluding carboxylic acids is 1. The van der Waals surface area contributed by atoms with Crippen molar-refractivity contribution in [2.75, 3.05) is 26.2 Å². The van der Waals surface area contributed by atoms with E-state index in [-0.39, 0.29) is 11.9 Å². The molecule has 2 saturated heterocycles. The van der Waals surface area contributed by atoms with Crippen molar-refractivity contribution in [2.24, 2.45) is 0 Å². The molecule has 2 N–H and O–H groups in total. The summed E-state index contributed by atoms with van der Waals surface area (Å²) in [6.07, 6.45) is 3.16. The standard InChI is InChI=1S/C16H21N5O2/c22-15-10-21(9-14(15)20-6-2-1-3-7-20)16(23)11-4-5-12-13(8-11)18-19-17-12/h4-5,8,14-15,22H,1-3,6-7,9-10H2,(H,17,18,19)/t14-,15-/m0/s1. The maximum Gasteiger partial charge on any atom is 0.254 e. The fraction of sp³-hybridized carbons (Fsp3) is 0.562. The Kier molecular flexibility index (Phi) is 3.74. The van der Waals surface area contributed by atoms with Crippen molar-refractivity contribution < 1.29 is 9.90 Å². The van der Waals surface area contributed by atoms with Crippen LogP contribution in [-0.4, -0.2) is 74.5 Å². The number of piperidine rings is 1. The van der Waals surface area contributed by atoms with Crippen LogP contribution in [0.15, 0.2) is 18.2 Å². The molecule has 0 radical (unpaired) electrons. The number of aliphatic hydroxyl groups is 1. The third kappa shape index (κ3) is 2.70. The smallest absolute Gasteiger partial charge is 0.254 e. The molecule has 122 valence electrons. The Hall–Kier alpha value is -1.99. The highest BCUT2D eigenvalue weighted by atomic mass is 16.3. The molecule has 2 aliphatic rings. The minimum atomic E-state index is -0.465. The molecule has 1 aromatic carbocycles. The number of hydrogen-bond donors (Lipinski definition) is 2. The number of β-amino-alcohol motifs (C(OH)–C–C–N with tert-alkyl or cyclic N) is 1. The number of nitrogens with zero attached hydrogens (tertiary/aromatic N) is 4. The summed E-state index contributed by atoms with van der Waals surface area (Å²) < 4.78 is 0. The minimum Gasteiger partial charge on any atom is -0.390 e. The summed E-state index contributed by atoms with van der Waals surface area (Å²) >= 11 is 0. The molecular weight excluding hydrogens is 294 g/mol. The number of carbonyl (C=O) groups is 1. The van der Waals surface area contributed by atoms with Crippen LogP contribution in [0.1, 0.15) is 29.6 Å². The van der Waals surface area contributed by atoms with Crippen LogP contribution in [0.2, 0.25) is 0 Å². The summed E-state index contributed by atoms with van der Waals surface area (Å²) in [5.74, 6) is -0.0477. The highest BCUT2D eigenvalue weighted by Gasteiger charge is 2.38. The molecule has 0 unspecified atom stereocenters. The van der Waals surface area contributed by atoms with Gasteiger partial charge in [0.2, 0.25) is 0 Å². The molecule has 2 atom stereocenters. The van der Waals surface area contributed by atoms with E-state index < -0.39 is 6.10 Å². The van der Waals surface area contributed by atoms with Crippen molar-refractivity contribution in [3.05, 3.63) is 23.8 Å². The van der Waals surface area contributed by atoms with Gasteiger partial charge in [-0.2, -0.15) is 15.4 Å². The monoisotopic (exact) mass is 315 g/mol. The van der Waals surface area contributed by atoms with E-state index in [2.05, 4.69) is 20.3 Å². The molecule has 1 aromatic heterocycles. The van der Waals surface area contributed by atoms with Crippen LogP contribution >= 0.6 is 0 Å². The minimum absolute atomic E-state index is 0.0477. The van der Waals surface area contributed by atoms with Gasteiger partial charge in [0.25, 0.3) is 5.91 Å². The number of benzene rings is 1. The average Bonchev–Trinajstić information content (AvgIpc) is 3.20. The summed E-state index contributed by atoms with van der Waals surface area (Å²) in [4.78, 5) is 16.8. The quantitative estimate of drug-likeness (QED) is 0.849. The predicted octanol–water partition coefficient (Wildman–Crippen LogP) is 0.629. The van der Waals surface area contributed by atoms with Gasteiger partial charge in [-0.15, -0.1) is 0 Å². The molecular formula is C16H21N5O2. The van der Waals surface area contributed by atoms with Gasteiger partial charge in [0, 0.05) is 18.7 Å². The first-order valence-corrected chi connectivity index (χ1v) is 8.24. The number of aromatic amines is 1. The zero-order valence-corrected chi connectivity index (χ0v) is 13.0. The Morgan fingerprint density at radius 1 is 1.13 bits per heavy atom. The molecule has 0 bridgehead atoms. The number of H-pyrrole nitrogens is 1. The molecule has 23 heavy (non-hydrogen) atoms. The van der Waals surface area contributed by atoms with Gasteiger partial charge >= 0.3 is 0 Å². The summed E-state index contributed by atoms with van der Waals surface area (Å²) in [5.41, 5.74) is 2.02. The fourth-order valence-electron chi connectivity index (χ4n) is 3.70. The second-order valence-corrected chi connectivity index (χ2v) is 6.47. The summed E-state index contributed by atoms with van der Waals surface area (Å²) in [6.45, 7) is 3.04. The number of aliphatic hydroxyl groups excluding tert-OH is 1. The lowest BCUT2D eigenvalue weighted by molar-refractivity contribution is 0.0703. The summed E-state index contributed by atoms with van der Waals surface area (Å²) in [6, 6.07) is 5.38. The van der Waals surface area contributed by atoms with Crippen molar-refractivity contribution in [3.8, 4) is 0 Å². The molecule has 7 heteroatoms. The fourth-order valence-corrected chi connectivity index (χ4v) is 3.70. The van der Waals surface area contributed by atoms with E-state index in [1.165, 1.54) is 19.3 Å². The number of fused-ring (bicyclic) bond motifs is 1. The molecule has 4 rings (SSSR count). The zero-order chi connectivity index (χ0) is 15.8. The molecule has 7 nitrogen and oxygen atoms in total. The molecule has 1 amide bonds. The van der Waals surface area contributed by atoms with E-state index in [1.54, 1.807) is 23.1 Å². The first-order chi connectivity index (χ1) is 11.2. The Balaban J connectivity index is 1.50. The Morgan fingerprint density at radius 2 is 1.91 bits per heavy atom.